The molecule has 0 unspecified atom stereocenters. The first-order valence-electron chi connectivity index (χ1n) is 12.3. The first kappa shape index (κ1) is 25.4. The van der Waals surface area contributed by atoms with Crippen molar-refractivity contribution in [1.29, 1.82) is 0 Å². The largest absolute Gasteiger partial charge is 0.350 e. The van der Waals surface area contributed by atoms with E-state index in [1.54, 1.807) is 0 Å². The van der Waals surface area contributed by atoms with Crippen LogP contribution < -0.4 is 26.2 Å². The van der Waals surface area contributed by atoms with Gasteiger partial charge in [-0.2, -0.15) is 15.0 Å². The molecule has 1 saturated heterocycles. The van der Waals surface area contributed by atoms with E-state index < -0.39 is 0 Å². The Labute approximate surface area is 213 Å². The van der Waals surface area contributed by atoms with Crippen molar-refractivity contribution in [2.24, 2.45) is 5.41 Å². The predicted octanol–water partition coefficient (Wildman–Crippen LogP) is 4.43. The van der Waals surface area contributed by atoms with Crippen molar-refractivity contribution in [2.75, 3.05) is 47.5 Å². The number of hydrogen-bond donors (Lipinski definition) is 4. The van der Waals surface area contributed by atoms with E-state index in [9.17, 15) is 4.79 Å². The Morgan fingerprint density at radius 3 is 2.53 bits per heavy atom. The molecule has 1 aromatic heterocycles. The van der Waals surface area contributed by atoms with Crippen molar-refractivity contribution in [2.45, 2.75) is 40.2 Å². The van der Waals surface area contributed by atoms with Crippen molar-refractivity contribution in [3.05, 3.63) is 59.7 Å². The van der Waals surface area contributed by atoms with Gasteiger partial charge in [0, 0.05) is 43.1 Å². The molecule has 0 saturated carbocycles. The fourth-order valence-corrected chi connectivity index (χ4v) is 4.14. The van der Waals surface area contributed by atoms with Crippen LogP contribution >= 0.6 is 0 Å². The van der Waals surface area contributed by atoms with Gasteiger partial charge in [-0.1, -0.05) is 45.0 Å². The second-order valence-corrected chi connectivity index (χ2v) is 10.5. The van der Waals surface area contributed by atoms with Gasteiger partial charge in [0.15, 0.2) is 0 Å². The fraction of sp³-hybridized carbons (Fsp3) is 0.407. The summed E-state index contributed by atoms with van der Waals surface area (Å²) in [4.78, 5) is 29.0. The number of aromatic nitrogens is 3. The topological polar surface area (TPSA) is 107 Å². The average molecular weight is 489 g/mol. The minimum atomic E-state index is -0.179. The molecule has 1 aliphatic rings. The van der Waals surface area contributed by atoms with Crippen LogP contribution in [0.2, 0.25) is 0 Å². The van der Waals surface area contributed by atoms with E-state index in [1.165, 1.54) is 0 Å². The maximum absolute atomic E-state index is 12.9. The third kappa shape index (κ3) is 6.91. The summed E-state index contributed by atoms with van der Waals surface area (Å²) in [6.07, 6.45) is 1.01. The van der Waals surface area contributed by atoms with Crippen molar-refractivity contribution >= 4 is 35.1 Å². The molecular formula is C27H36N8O. The fourth-order valence-electron chi connectivity index (χ4n) is 4.14. The normalized spacial score (nSPS) is 15.4. The highest BCUT2D eigenvalue weighted by molar-refractivity contribution is 6.05. The predicted molar refractivity (Wildman–Crippen MR) is 146 cm³/mol. The van der Waals surface area contributed by atoms with Crippen LogP contribution in [0.25, 0.3) is 0 Å². The van der Waals surface area contributed by atoms with Crippen molar-refractivity contribution in [3.8, 4) is 0 Å². The van der Waals surface area contributed by atoms with Crippen LogP contribution in [0.3, 0.4) is 0 Å². The van der Waals surface area contributed by atoms with Gasteiger partial charge in [-0.25, -0.2) is 0 Å². The molecule has 9 heteroatoms. The molecule has 0 aliphatic carbocycles. The third-order valence-electron chi connectivity index (χ3n) is 5.85. The van der Waals surface area contributed by atoms with E-state index >= 15 is 0 Å². The first-order chi connectivity index (χ1) is 17.2. The van der Waals surface area contributed by atoms with Crippen LogP contribution in [0.1, 0.15) is 43.1 Å². The highest BCUT2D eigenvalue weighted by Crippen LogP contribution is 2.24. The van der Waals surface area contributed by atoms with Gasteiger partial charge in [-0.05, 0) is 55.1 Å². The molecule has 1 amide bonds. The van der Waals surface area contributed by atoms with Crippen LogP contribution in [-0.2, 0) is 0 Å². The summed E-state index contributed by atoms with van der Waals surface area (Å²) < 4.78 is 0. The Morgan fingerprint density at radius 2 is 1.83 bits per heavy atom. The van der Waals surface area contributed by atoms with Gasteiger partial charge >= 0.3 is 0 Å². The molecule has 3 aromatic rings. The lowest BCUT2D eigenvalue weighted by atomic mass is 9.96. The zero-order valence-electron chi connectivity index (χ0n) is 21.7. The number of amides is 1. The molecule has 1 atom stereocenters. The number of aryl methyl sites for hydroxylation is 1. The summed E-state index contributed by atoms with van der Waals surface area (Å²) in [5, 5.41) is 13.1. The lowest BCUT2D eigenvalue weighted by molar-refractivity contribution is 0.102. The lowest BCUT2D eigenvalue weighted by Crippen LogP contribution is -2.31. The molecule has 0 radical (unpaired) electrons. The molecule has 4 rings (SSSR count). The second kappa shape index (κ2) is 10.9. The van der Waals surface area contributed by atoms with E-state index in [0.717, 1.165) is 43.0 Å². The van der Waals surface area contributed by atoms with E-state index in [1.807, 2.05) is 67.4 Å². The second-order valence-electron chi connectivity index (χ2n) is 10.5. The highest BCUT2D eigenvalue weighted by Gasteiger charge is 2.20. The minimum Gasteiger partial charge on any atom is -0.350 e. The molecule has 2 heterocycles. The Hall–Kier alpha value is -3.72. The average Bonchev–Trinajstić information content (AvgIpc) is 3.33. The van der Waals surface area contributed by atoms with E-state index in [2.05, 4.69) is 47.0 Å². The number of rotatable bonds is 8. The summed E-state index contributed by atoms with van der Waals surface area (Å²) in [6.45, 7) is 11.2. The molecule has 0 bridgehead atoms. The Balaban J connectivity index is 1.59. The van der Waals surface area contributed by atoms with E-state index in [4.69, 9.17) is 9.97 Å². The summed E-state index contributed by atoms with van der Waals surface area (Å²) >= 11 is 0. The van der Waals surface area contributed by atoms with Gasteiger partial charge in [-0.15, -0.1) is 0 Å². The zero-order valence-corrected chi connectivity index (χ0v) is 21.7. The maximum atomic E-state index is 12.9. The van der Waals surface area contributed by atoms with Crippen molar-refractivity contribution in [3.63, 3.8) is 0 Å². The van der Waals surface area contributed by atoms with Gasteiger partial charge in [0.25, 0.3) is 5.91 Å². The minimum absolute atomic E-state index is 0.0783. The molecular weight excluding hydrogens is 452 g/mol. The summed E-state index contributed by atoms with van der Waals surface area (Å²) in [5.74, 6) is 1.37. The summed E-state index contributed by atoms with van der Waals surface area (Å²) in [6, 6.07) is 15.2. The lowest BCUT2D eigenvalue weighted by Gasteiger charge is -2.27. The van der Waals surface area contributed by atoms with Crippen LogP contribution in [0.15, 0.2) is 48.5 Å². The Kier molecular flexibility index (Phi) is 7.69. The molecule has 0 spiro atoms. The number of anilines is 5. The van der Waals surface area contributed by atoms with Crippen LogP contribution in [0.4, 0.5) is 29.2 Å². The van der Waals surface area contributed by atoms with Gasteiger partial charge in [-0.3, -0.25) is 4.79 Å². The molecule has 1 fully saturated rings. The van der Waals surface area contributed by atoms with Gasteiger partial charge < -0.3 is 26.2 Å². The number of nitrogens with zero attached hydrogens (tertiary/aromatic N) is 4. The Morgan fingerprint density at radius 1 is 1.08 bits per heavy atom. The number of carbonyl (C=O) groups excluding carboxylic acids is 1. The highest BCUT2D eigenvalue weighted by atomic mass is 16.1. The quantitative estimate of drug-likeness (QED) is 0.369. The van der Waals surface area contributed by atoms with Crippen molar-refractivity contribution in [1.82, 2.24) is 20.3 Å². The number of carbonyl (C=O) groups is 1. The van der Waals surface area contributed by atoms with Crippen LogP contribution in [0.5, 0.6) is 0 Å². The van der Waals surface area contributed by atoms with Gasteiger partial charge in [0.2, 0.25) is 17.8 Å². The van der Waals surface area contributed by atoms with Gasteiger partial charge in [0.1, 0.15) is 0 Å². The number of hydrogen-bond acceptors (Lipinski definition) is 8. The van der Waals surface area contributed by atoms with Gasteiger partial charge in [0.05, 0.1) is 0 Å². The summed E-state index contributed by atoms with van der Waals surface area (Å²) in [7, 11) is 1.99. The SMILES string of the molecule is Cc1ccc(C(=O)Nc2ccccc2)cc1Nc1nc(N[C@@H]2CCNC2)nc(N(C)CC(C)(C)C)n1. The first-order valence-corrected chi connectivity index (χ1v) is 12.3. The smallest absolute Gasteiger partial charge is 0.255 e. The van der Waals surface area contributed by atoms with Crippen molar-refractivity contribution < 1.29 is 4.79 Å². The van der Waals surface area contributed by atoms with E-state index in [0.29, 0.717) is 23.4 Å². The zero-order chi connectivity index (χ0) is 25.7. The number of para-hydroxylation sites is 1. The monoisotopic (exact) mass is 488 g/mol. The van der Waals surface area contributed by atoms with E-state index in [-0.39, 0.29) is 17.4 Å². The number of benzene rings is 2. The molecule has 1 aliphatic heterocycles. The van der Waals surface area contributed by atoms with Crippen LogP contribution in [-0.4, -0.2) is 53.6 Å². The van der Waals surface area contributed by atoms with Crippen LogP contribution in [0, 0.1) is 12.3 Å². The molecule has 2 aromatic carbocycles. The standard InChI is InChI=1S/C27H36N8O/c1-18-11-12-19(23(36)29-20-9-7-6-8-10-20)15-22(18)31-25-32-24(30-21-13-14-28-16-21)33-26(34-25)35(5)17-27(2,3)4/h6-12,15,21,28H,13-14,16-17H2,1-5H3,(H,29,36)(H2,30,31,32,33,34)/t21-/m1/s1. The summed E-state index contributed by atoms with van der Waals surface area (Å²) in [5.41, 5.74) is 3.11. The third-order valence-corrected chi connectivity index (χ3v) is 5.85. The maximum Gasteiger partial charge on any atom is 0.255 e. The Bertz CT molecular complexity index is 1190. The molecule has 190 valence electrons. The molecule has 9 nitrogen and oxygen atoms in total. The molecule has 4 N–H and O–H groups in total. The number of nitrogens with one attached hydrogen (secondary N) is 4. The molecule has 36 heavy (non-hydrogen) atoms.